The van der Waals surface area contributed by atoms with Gasteiger partial charge < -0.3 is 10.2 Å². The Balaban J connectivity index is 3.23. The van der Waals surface area contributed by atoms with Crippen molar-refractivity contribution in [3.63, 3.8) is 0 Å². The molecule has 0 saturated heterocycles. The smallest absolute Gasteiger partial charge is 0.0101 e. The highest BCUT2D eigenvalue weighted by atomic mass is 15.1. The quantitative estimate of drug-likeness (QED) is 0.647. The Morgan fingerprint density at radius 1 is 1.07 bits per heavy atom. The van der Waals surface area contributed by atoms with E-state index in [1.54, 1.807) is 0 Å². The van der Waals surface area contributed by atoms with Crippen molar-refractivity contribution in [1.29, 1.82) is 0 Å². The summed E-state index contributed by atoms with van der Waals surface area (Å²) >= 11 is 0. The summed E-state index contributed by atoms with van der Waals surface area (Å²) in [5.41, 5.74) is 0. The highest BCUT2D eigenvalue weighted by molar-refractivity contribution is 4.62. The fourth-order valence-corrected chi connectivity index (χ4v) is 1.47. The van der Waals surface area contributed by atoms with Gasteiger partial charge in [0.2, 0.25) is 0 Å². The molecule has 1 unspecified atom stereocenters. The third-order valence-electron chi connectivity index (χ3n) is 2.47. The second kappa shape index (κ2) is 8.25. The zero-order valence-electron chi connectivity index (χ0n) is 10.6. The van der Waals surface area contributed by atoms with Crippen molar-refractivity contribution in [3.8, 4) is 0 Å². The molecule has 2 heteroatoms. The third kappa shape index (κ3) is 10.0. The Morgan fingerprint density at radius 3 is 2.21 bits per heavy atom. The van der Waals surface area contributed by atoms with Gasteiger partial charge in [0.25, 0.3) is 0 Å². The highest BCUT2D eigenvalue weighted by Crippen LogP contribution is 2.07. The van der Waals surface area contributed by atoms with E-state index in [-0.39, 0.29) is 0 Å². The molecule has 0 aliphatic heterocycles. The maximum atomic E-state index is 3.55. The van der Waals surface area contributed by atoms with Crippen LogP contribution in [0.1, 0.15) is 40.0 Å². The van der Waals surface area contributed by atoms with Crippen LogP contribution in [0.5, 0.6) is 0 Å². The van der Waals surface area contributed by atoms with Gasteiger partial charge in [0.05, 0.1) is 0 Å². The Morgan fingerprint density at radius 2 is 1.71 bits per heavy atom. The van der Waals surface area contributed by atoms with Gasteiger partial charge in [-0.1, -0.05) is 26.7 Å². The Kier molecular flexibility index (Phi) is 8.20. The summed E-state index contributed by atoms with van der Waals surface area (Å²) in [6, 6.07) is 0.675. The van der Waals surface area contributed by atoms with Gasteiger partial charge in [-0.15, -0.1) is 0 Å². The first-order valence-electron chi connectivity index (χ1n) is 5.90. The molecule has 0 heterocycles. The summed E-state index contributed by atoms with van der Waals surface area (Å²) in [5.74, 6) is 0.851. The van der Waals surface area contributed by atoms with Crippen molar-refractivity contribution < 1.29 is 0 Å². The summed E-state index contributed by atoms with van der Waals surface area (Å²) in [6.07, 6.45) is 4.03. The molecule has 2 nitrogen and oxygen atoms in total. The molecule has 1 atom stereocenters. The first kappa shape index (κ1) is 13.9. The number of likely N-dealkylation sites (N-methyl/N-ethyl adjacent to an activating group) is 1. The molecule has 0 aromatic rings. The van der Waals surface area contributed by atoms with Crippen LogP contribution in [-0.2, 0) is 0 Å². The molecule has 1 N–H and O–H groups in total. The molecular weight excluding hydrogens is 172 g/mol. The molecule has 0 spiro atoms. The van der Waals surface area contributed by atoms with E-state index in [1.165, 1.54) is 19.3 Å². The normalized spacial score (nSPS) is 13.9. The number of rotatable bonds is 8. The minimum atomic E-state index is 0.675. The molecule has 0 aromatic carbocycles. The average Bonchev–Trinajstić information content (AvgIpc) is 2.02. The number of nitrogens with zero attached hydrogens (tertiary/aromatic N) is 1. The summed E-state index contributed by atoms with van der Waals surface area (Å²) in [4.78, 5) is 2.22. The molecule has 0 rings (SSSR count). The fraction of sp³-hybridized carbons (Fsp3) is 1.00. The Labute approximate surface area is 90.1 Å². The van der Waals surface area contributed by atoms with Gasteiger partial charge in [0.1, 0.15) is 0 Å². The van der Waals surface area contributed by atoms with Gasteiger partial charge in [-0.3, -0.25) is 0 Å². The van der Waals surface area contributed by atoms with Gasteiger partial charge in [-0.2, -0.15) is 0 Å². The van der Waals surface area contributed by atoms with Crippen molar-refractivity contribution in [2.24, 2.45) is 5.92 Å². The van der Waals surface area contributed by atoms with Crippen molar-refractivity contribution in [1.82, 2.24) is 10.2 Å². The van der Waals surface area contributed by atoms with Gasteiger partial charge in [-0.25, -0.2) is 0 Å². The second-order valence-electron chi connectivity index (χ2n) is 4.98. The van der Waals surface area contributed by atoms with Crippen molar-refractivity contribution in [2.45, 2.75) is 46.1 Å². The third-order valence-corrected chi connectivity index (χ3v) is 2.47. The maximum Gasteiger partial charge on any atom is 0.0101 e. The molecule has 14 heavy (non-hydrogen) atoms. The molecule has 0 amide bonds. The summed E-state index contributed by atoms with van der Waals surface area (Å²) < 4.78 is 0. The Hall–Kier alpha value is -0.0800. The number of hydrogen-bond acceptors (Lipinski definition) is 2. The van der Waals surface area contributed by atoms with E-state index < -0.39 is 0 Å². The van der Waals surface area contributed by atoms with E-state index in [0.717, 1.165) is 19.0 Å². The maximum absolute atomic E-state index is 3.55. The largest absolute Gasteiger partial charge is 0.313 e. The number of nitrogens with one attached hydrogen (secondary N) is 1. The summed E-state index contributed by atoms with van der Waals surface area (Å²) in [5, 5.41) is 3.55. The van der Waals surface area contributed by atoms with Crippen LogP contribution in [0, 0.1) is 5.92 Å². The van der Waals surface area contributed by atoms with E-state index in [4.69, 9.17) is 0 Å². The zero-order valence-corrected chi connectivity index (χ0v) is 10.6. The predicted octanol–water partition coefficient (Wildman–Crippen LogP) is 2.35. The van der Waals surface area contributed by atoms with Gasteiger partial charge in [0, 0.05) is 19.1 Å². The van der Waals surface area contributed by atoms with Crippen LogP contribution in [0.4, 0.5) is 0 Å². The first-order valence-corrected chi connectivity index (χ1v) is 5.90. The van der Waals surface area contributed by atoms with Gasteiger partial charge in [-0.05, 0) is 33.4 Å². The van der Waals surface area contributed by atoms with Crippen LogP contribution in [0.15, 0.2) is 0 Å². The fourth-order valence-electron chi connectivity index (χ4n) is 1.47. The molecule has 0 fully saturated rings. The molecule has 0 saturated carbocycles. The molecule has 0 bridgehead atoms. The van der Waals surface area contributed by atoms with Crippen molar-refractivity contribution in [2.75, 3.05) is 27.2 Å². The van der Waals surface area contributed by atoms with E-state index >= 15 is 0 Å². The van der Waals surface area contributed by atoms with Crippen molar-refractivity contribution >= 4 is 0 Å². The van der Waals surface area contributed by atoms with Crippen LogP contribution >= 0.6 is 0 Å². The predicted molar refractivity (Wildman–Crippen MR) is 64.7 cm³/mol. The highest BCUT2D eigenvalue weighted by Gasteiger charge is 2.01. The Bertz CT molecular complexity index is 107. The SMILES string of the molecule is CC(C)CCCC(C)NCCN(C)C. The molecule has 0 aliphatic carbocycles. The number of hydrogen-bond donors (Lipinski definition) is 1. The second-order valence-corrected chi connectivity index (χ2v) is 4.98. The van der Waals surface area contributed by atoms with Crippen molar-refractivity contribution in [3.05, 3.63) is 0 Å². The molecular formula is C12H28N2. The lowest BCUT2D eigenvalue weighted by atomic mass is 10.0. The lowest BCUT2D eigenvalue weighted by molar-refractivity contribution is 0.377. The van der Waals surface area contributed by atoms with E-state index in [2.05, 4.69) is 45.1 Å². The van der Waals surface area contributed by atoms with Gasteiger partial charge in [0.15, 0.2) is 0 Å². The minimum Gasteiger partial charge on any atom is -0.313 e. The van der Waals surface area contributed by atoms with E-state index in [0.29, 0.717) is 6.04 Å². The lowest BCUT2D eigenvalue weighted by Gasteiger charge is -2.16. The molecule has 0 aromatic heterocycles. The topological polar surface area (TPSA) is 15.3 Å². The molecule has 0 aliphatic rings. The monoisotopic (exact) mass is 200 g/mol. The lowest BCUT2D eigenvalue weighted by Crippen LogP contribution is -2.32. The molecule has 86 valence electrons. The van der Waals surface area contributed by atoms with Crippen LogP contribution in [0.2, 0.25) is 0 Å². The summed E-state index contributed by atoms with van der Waals surface area (Å²) in [6.45, 7) is 9.12. The van der Waals surface area contributed by atoms with Gasteiger partial charge >= 0.3 is 0 Å². The summed E-state index contributed by atoms with van der Waals surface area (Å²) in [7, 11) is 4.23. The first-order chi connectivity index (χ1) is 6.52. The van der Waals surface area contributed by atoms with E-state index in [9.17, 15) is 0 Å². The van der Waals surface area contributed by atoms with E-state index in [1.807, 2.05) is 0 Å². The zero-order chi connectivity index (χ0) is 11.0. The van der Waals surface area contributed by atoms with Crippen LogP contribution in [-0.4, -0.2) is 38.1 Å². The van der Waals surface area contributed by atoms with Crippen LogP contribution < -0.4 is 5.32 Å². The average molecular weight is 200 g/mol. The minimum absolute atomic E-state index is 0.675. The molecule has 0 radical (unpaired) electrons. The van der Waals surface area contributed by atoms with Crippen LogP contribution in [0.25, 0.3) is 0 Å². The van der Waals surface area contributed by atoms with Crippen LogP contribution in [0.3, 0.4) is 0 Å². The standard InChI is InChI=1S/C12H28N2/c1-11(2)7-6-8-12(3)13-9-10-14(4)5/h11-13H,6-10H2,1-5H3.